The van der Waals surface area contributed by atoms with Gasteiger partial charge in [0.15, 0.2) is 0 Å². The first-order valence-electron chi connectivity index (χ1n) is 11.2. The Bertz CT molecular complexity index is 1370. The van der Waals surface area contributed by atoms with Crippen molar-refractivity contribution in [3.8, 4) is 11.5 Å². The highest BCUT2D eigenvalue weighted by Gasteiger charge is 2.11. The van der Waals surface area contributed by atoms with E-state index < -0.39 is 5.97 Å². The number of benzene rings is 4. The largest absolute Gasteiger partial charge is 0.489 e. The summed E-state index contributed by atoms with van der Waals surface area (Å²) in [6.07, 6.45) is 1.43. The van der Waals surface area contributed by atoms with E-state index in [1.807, 2.05) is 37.3 Å². The van der Waals surface area contributed by atoms with Crippen molar-refractivity contribution >= 4 is 34.0 Å². The average molecular weight is 543 g/mol. The number of carbonyl (C=O) groups is 2. The molecule has 180 valence electrons. The van der Waals surface area contributed by atoms with Crippen LogP contribution in [-0.4, -0.2) is 18.1 Å². The number of esters is 1. The lowest BCUT2D eigenvalue weighted by Crippen LogP contribution is -2.17. The molecule has 36 heavy (non-hydrogen) atoms. The van der Waals surface area contributed by atoms with E-state index in [0.29, 0.717) is 34.8 Å². The lowest BCUT2D eigenvalue weighted by molar-refractivity contribution is 0.0734. The Balaban J connectivity index is 1.35. The van der Waals surface area contributed by atoms with Gasteiger partial charge in [0.2, 0.25) is 0 Å². The number of aryl methyl sites for hydroxylation is 1. The SMILES string of the molecule is Cc1ccc(COc2ccc(C(=O)N/N=C\c3cc(Br)ccc3OC(=O)c3ccccc3)cc2)cc1. The second-order valence-corrected chi connectivity index (χ2v) is 8.85. The van der Waals surface area contributed by atoms with Gasteiger partial charge in [-0.3, -0.25) is 4.79 Å². The Morgan fingerprint density at radius 3 is 2.33 bits per heavy atom. The van der Waals surface area contributed by atoms with Gasteiger partial charge in [-0.1, -0.05) is 64.0 Å². The molecule has 0 spiro atoms. The predicted molar refractivity (Wildman–Crippen MR) is 143 cm³/mol. The molecule has 0 radical (unpaired) electrons. The summed E-state index contributed by atoms with van der Waals surface area (Å²) in [6.45, 7) is 2.48. The zero-order valence-electron chi connectivity index (χ0n) is 19.5. The molecule has 0 aliphatic heterocycles. The van der Waals surface area contributed by atoms with Crippen molar-refractivity contribution in [2.24, 2.45) is 5.10 Å². The van der Waals surface area contributed by atoms with Crippen molar-refractivity contribution < 1.29 is 19.1 Å². The number of halogens is 1. The van der Waals surface area contributed by atoms with Crippen LogP contribution < -0.4 is 14.9 Å². The molecule has 4 aromatic carbocycles. The van der Waals surface area contributed by atoms with Crippen LogP contribution in [0.3, 0.4) is 0 Å². The number of nitrogens with one attached hydrogen (secondary N) is 1. The van der Waals surface area contributed by atoms with Crippen LogP contribution >= 0.6 is 15.9 Å². The zero-order chi connectivity index (χ0) is 25.3. The second kappa shape index (κ2) is 12.0. The highest BCUT2D eigenvalue weighted by Crippen LogP contribution is 2.23. The topological polar surface area (TPSA) is 77.0 Å². The van der Waals surface area contributed by atoms with E-state index in [0.717, 1.165) is 10.0 Å². The van der Waals surface area contributed by atoms with E-state index in [2.05, 4.69) is 26.5 Å². The fourth-order valence-electron chi connectivity index (χ4n) is 3.22. The van der Waals surface area contributed by atoms with Crippen molar-refractivity contribution in [3.63, 3.8) is 0 Å². The molecule has 0 fully saturated rings. The maximum Gasteiger partial charge on any atom is 0.343 e. The summed E-state index contributed by atoms with van der Waals surface area (Å²) >= 11 is 3.40. The first kappa shape index (κ1) is 24.9. The molecule has 1 amide bonds. The Morgan fingerprint density at radius 1 is 0.889 bits per heavy atom. The highest BCUT2D eigenvalue weighted by atomic mass is 79.9. The summed E-state index contributed by atoms with van der Waals surface area (Å²) in [5.41, 5.74) is 6.14. The van der Waals surface area contributed by atoms with Gasteiger partial charge in [-0.25, -0.2) is 10.2 Å². The highest BCUT2D eigenvalue weighted by molar-refractivity contribution is 9.10. The smallest absolute Gasteiger partial charge is 0.343 e. The minimum atomic E-state index is -0.485. The van der Waals surface area contributed by atoms with E-state index in [1.165, 1.54) is 11.8 Å². The summed E-state index contributed by atoms with van der Waals surface area (Å²) in [5, 5.41) is 4.04. The summed E-state index contributed by atoms with van der Waals surface area (Å²) in [7, 11) is 0. The number of rotatable bonds is 8. The molecule has 0 bridgehead atoms. The summed E-state index contributed by atoms with van der Waals surface area (Å²) in [6, 6.07) is 28.8. The van der Waals surface area contributed by atoms with Gasteiger partial charge in [0.05, 0.1) is 11.8 Å². The number of amides is 1. The molecular formula is C29H23BrN2O4. The third kappa shape index (κ3) is 6.90. The van der Waals surface area contributed by atoms with Crippen molar-refractivity contribution in [1.29, 1.82) is 0 Å². The third-order valence-electron chi connectivity index (χ3n) is 5.20. The van der Waals surface area contributed by atoms with Gasteiger partial charge in [0, 0.05) is 15.6 Å². The Kier molecular flexibility index (Phi) is 8.26. The van der Waals surface area contributed by atoms with Gasteiger partial charge < -0.3 is 9.47 Å². The molecular weight excluding hydrogens is 520 g/mol. The van der Waals surface area contributed by atoms with E-state index in [1.54, 1.807) is 66.7 Å². The van der Waals surface area contributed by atoms with Crippen molar-refractivity contribution in [3.05, 3.63) is 129 Å². The van der Waals surface area contributed by atoms with Crippen LogP contribution in [0, 0.1) is 6.92 Å². The zero-order valence-corrected chi connectivity index (χ0v) is 21.1. The Hall–Kier alpha value is -4.23. The molecule has 0 unspecified atom stereocenters. The lowest BCUT2D eigenvalue weighted by Gasteiger charge is -2.08. The Labute approximate surface area is 217 Å². The number of hydrazone groups is 1. The van der Waals surface area contributed by atoms with Crippen LogP contribution in [-0.2, 0) is 6.61 Å². The monoisotopic (exact) mass is 542 g/mol. The van der Waals surface area contributed by atoms with Gasteiger partial charge in [0.25, 0.3) is 5.91 Å². The Morgan fingerprint density at radius 2 is 1.61 bits per heavy atom. The van der Waals surface area contributed by atoms with Gasteiger partial charge in [-0.15, -0.1) is 0 Å². The fourth-order valence-corrected chi connectivity index (χ4v) is 3.60. The van der Waals surface area contributed by atoms with Crippen molar-refractivity contribution in [2.45, 2.75) is 13.5 Å². The molecule has 0 aromatic heterocycles. The lowest BCUT2D eigenvalue weighted by atomic mass is 10.2. The summed E-state index contributed by atoms with van der Waals surface area (Å²) in [4.78, 5) is 24.9. The normalized spacial score (nSPS) is 10.7. The second-order valence-electron chi connectivity index (χ2n) is 7.94. The number of nitrogens with zero attached hydrogens (tertiary/aromatic N) is 1. The number of carbonyl (C=O) groups excluding carboxylic acids is 2. The molecule has 0 aliphatic carbocycles. The number of ether oxygens (including phenoxy) is 2. The van der Waals surface area contributed by atoms with Gasteiger partial charge >= 0.3 is 5.97 Å². The molecule has 0 saturated heterocycles. The minimum Gasteiger partial charge on any atom is -0.489 e. The molecule has 1 N–H and O–H groups in total. The molecule has 0 heterocycles. The maximum absolute atomic E-state index is 12.5. The van der Waals surface area contributed by atoms with Crippen LogP contribution in [0.1, 0.15) is 37.4 Å². The summed E-state index contributed by atoms with van der Waals surface area (Å²) in [5.74, 6) is 0.116. The molecule has 0 aliphatic rings. The average Bonchev–Trinajstić information content (AvgIpc) is 2.90. The van der Waals surface area contributed by atoms with Crippen LogP contribution in [0.2, 0.25) is 0 Å². The fraction of sp³-hybridized carbons (Fsp3) is 0.0690. The van der Waals surface area contributed by atoms with E-state index in [4.69, 9.17) is 9.47 Å². The quantitative estimate of drug-likeness (QED) is 0.122. The van der Waals surface area contributed by atoms with Gasteiger partial charge in [0.1, 0.15) is 18.1 Å². The van der Waals surface area contributed by atoms with Crippen LogP contribution in [0.15, 0.2) is 107 Å². The van der Waals surface area contributed by atoms with Crippen LogP contribution in [0.25, 0.3) is 0 Å². The molecule has 0 saturated carbocycles. The van der Waals surface area contributed by atoms with Gasteiger partial charge in [-0.2, -0.15) is 5.10 Å². The predicted octanol–water partition coefficient (Wildman–Crippen LogP) is 6.32. The van der Waals surface area contributed by atoms with Crippen molar-refractivity contribution in [1.82, 2.24) is 5.43 Å². The minimum absolute atomic E-state index is 0.320. The van der Waals surface area contributed by atoms with Gasteiger partial charge in [-0.05, 0) is 67.1 Å². The number of hydrogen-bond donors (Lipinski definition) is 1. The van der Waals surface area contributed by atoms with Crippen molar-refractivity contribution in [2.75, 3.05) is 0 Å². The summed E-state index contributed by atoms with van der Waals surface area (Å²) < 4.78 is 12.1. The third-order valence-corrected chi connectivity index (χ3v) is 5.69. The van der Waals surface area contributed by atoms with E-state index >= 15 is 0 Å². The molecule has 6 nitrogen and oxygen atoms in total. The molecule has 4 aromatic rings. The first-order chi connectivity index (χ1) is 17.5. The first-order valence-corrected chi connectivity index (χ1v) is 12.0. The van der Waals surface area contributed by atoms with Crippen LogP contribution in [0.4, 0.5) is 0 Å². The van der Waals surface area contributed by atoms with E-state index in [9.17, 15) is 9.59 Å². The molecule has 0 atom stereocenters. The number of hydrogen-bond acceptors (Lipinski definition) is 5. The molecule has 7 heteroatoms. The van der Waals surface area contributed by atoms with Crippen LogP contribution in [0.5, 0.6) is 11.5 Å². The van der Waals surface area contributed by atoms with E-state index in [-0.39, 0.29) is 5.91 Å². The standard InChI is InChI=1S/C29H23BrN2O4/c1-20-7-9-21(10-8-20)19-35-26-14-11-22(12-15-26)28(33)32-31-18-24-17-25(30)13-16-27(24)36-29(34)23-5-3-2-4-6-23/h2-18H,19H2,1H3,(H,32,33)/b31-18-. The molecule has 4 rings (SSSR count). The maximum atomic E-state index is 12.5.